The normalized spacial score (nSPS) is 11.4. The molecule has 2 heterocycles. The second-order valence-electron chi connectivity index (χ2n) is 7.75. The molecule has 0 radical (unpaired) electrons. The molecular weight excluding hydrogens is 445 g/mol. The molecule has 6 nitrogen and oxygen atoms in total. The van der Waals surface area contributed by atoms with Gasteiger partial charge < -0.3 is 9.30 Å². The first-order valence-electron chi connectivity index (χ1n) is 10.2. The lowest BCUT2D eigenvalue weighted by molar-refractivity contribution is 0.415. The third-order valence-electron chi connectivity index (χ3n) is 5.80. The minimum absolute atomic E-state index is 0.146. The number of fused-ring (bicyclic) bond motifs is 3. The minimum Gasteiger partial charge on any atom is -0.497 e. The van der Waals surface area contributed by atoms with E-state index in [0.717, 1.165) is 15.6 Å². The Kier molecular flexibility index (Phi) is 5.06. The van der Waals surface area contributed by atoms with E-state index in [4.69, 9.17) is 16.3 Å². The molecular formula is C25H19ClFN3O3. The monoisotopic (exact) mass is 463 g/mol. The Balaban J connectivity index is 1.94. The Hall–Kier alpha value is -3.84. The van der Waals surface area contributed by atoms with Crippen LogP contribution in [0.1, 0.15) is 5.56 Å². The van der Waals surface area contributed by atoms with E-state index in [9.17, 15) is 14.0 Å². The van der Waals surface area contributed by atoms with Crippen LogP contribution in [0.25, 0.3) is 27.6 Å². The van der Waals surface area contributed by atoms with Gasteiger partial charge in [-0.1, -0.05) is 29.8 Å². The molecule has 0 atom stereocenters. The van der Waals surface area contributed by atoms with Crippen LogP contribution in [0.4, 0.5) is 4.39 Å². The Bertz CT molecular complexity index is 1650. The molecule has 0 unspecified atom stereocenters. The summed E-state index contributed by atoms with van der Waals surface area (Å²) in [5, 5.41) is 1.12. The smallest absolute Gasteiger partial charge is 0.336 e. The van der Waals surface area contributed by atoms with Crippen LogP contribution >= 0.6 is 11.6 Å². The number of aromatic nitrogens is 3. The summed E-state index contributed by atoms with van der Waals surface area (Å²) in [5.74, 6) is 0.241. The van der Waals surface area contributed by atoms with Gasteiger partial charge in [-0.2, -0.15) is 0 Å². The molecule has 33 heavy (non-hydrogen) atoms. The highest BCUT2D eigenvalue weighted by Crippen LogP contribution is 2.29. The highest BCUT2D eigenvalue weighted by Gasteiger charge is 2.22. The Morgan fingerprint density at radius 3 is 2.42 bits per heavy atom. The van der Waals surface area contributed by atoms with Gasteiger partial charge in [0.2, 0.25) is 0 Å². The molecule has 2 aromatic heterocycles. The first-order chi connectivity index (χ1) is 15.9. The van der Waals surface area contributed by atoms with E-state index in [1.165, 1.54) is 16.7 Å². The first kappa shape index (κ1) is 21.0. The van der Waals surface area contributed by atoms with Gasteiger partial charge in [0.05, 0.1) is 30.4 Å². The molecule has 0 aliphatic heterocycles. The molecule has 0 spiro atoms. The molecule has 166 valence electrons. The lowest BCUT2D eigenvalue weighted by atomic mass is 10.2. The van der Waals surface area contributed by atoms with Crippen LogP contribution < -0.4 is 16.0 Å². The lowest BCUT2D eigenvalue weighted by Gasteiger charge is -2.14. The number of methoxy groups -OCH3 is 1. The van der Waals surface area contributed by atoms with Crippen molar-refractivity contribution in [2.45, 2.75) is 6.54 Å². The fourth-order valence-corrected chi connectivity index (χ4v) is 4.40. The summed E-state index contributed by atoms with van der Waals surface area (Å²) in [5.41, 5.74) is 1.74. The fraction of sp³-hybridized carbons (Fsp3) is 0.120. The van der Waals surface area contributed by atoms with Gasteiger partial charge in [-0.25, -0.2) is 13.8 Å². The number of halogens is 2. The van der Waals surface area contributed by atoms with Crippen molar-refractivity contribution in [1.82, 2.24) is 13.7 Å². The van der Waals surface area contributed by atoms with E-state index in [2.05, 4.69) is 0 Å². The minimum atomic E-state index is -0.519. The van der Waals surface area contributed by atoms with Crippen LogP contribution in [-0.2, 0) is 13.6 Å². The molecule has 0 bridgehead atoms. The van der Waals surface area contributed by atoms with Crippen molar-refractivity contribution in [3.63, 3.8) is 0 Å². The number of hydrogen-bond donors (Lipinski definition) is 0. The van der Waals surface area contributed by atoms with Crippen LogP contribution in [0, 0.1) is 5.82 Å². The average Bonchev–Trinajstić information content (AvgIpc) is 3.10. The Morgan fingerprint density at radius 1 is 0.970 bits per heavy atom. The van der Waals surface area contributed by atoms with Gasteiger partial charge in [0, 0.05) is 17.5 Å². The highest BCUT2D eigenvalue weighted by atomic mass is 35.5. The van der Waals surface area contributed by atoms with E-state index in [-0.39, 0.29) is 12.4 Å². The topological polar surface area (TPSA) is 58.2 Å². The second kappa shape index (κ2) is 7.94. The van der Waals surface area contributed by atoms with Gasteiger partial charge in [-0.05, 0) is 54.1 Å². The number of aryl methyl sites for hydroxylation is 1. The zero-order valence-corrected chi connectivity index (χ0v) is 18.6. The SMILES string of the molecule is COc1ccc2c(c1)c1c(c(=O)n(-c3cccc(Cl)c3)c(=O)n1Cc1ccc(F)cc1)n2C. The summed E-state index contributed by atoms with van der Waals surface area (Å²) in [6.45, 7) is 0.146. The van der Waals surface area contributed by atoms with Gasteiger partial charge in [-0.3, -0.25) is 9.36 Å². The van der Waals surface area contributed by atoms with E-state index in [1.807, 2.05) is 6.07 Å². The largest absolute Gasteiger partial charge is 0.497 e. The summed E-state index contributed by atoms with van der Waals surface area (Å²) in [4.78, 5) is 27.4. The molecule has 5 aromatic rings. The summed E-state index contributed by atoms with van der Waals surface area (Å²) < 4.78 is 23.3. The number of nitrogens with zero attached hydrogens (tertiary/aromatic N) is 3. The number of benzene rings is 3. The Labute approximate surface area is 192 Å². The maximum absolute atomic E-state index is 13.8. The molecule has 3 aromatic carbocycles. The molecule has 0 saturated carbocycles. The standard InChI is InChI=1S/C25H19ClFN3O3/c1-28-21-11-10-19(33-2)13-20(21)22-23(28)24(31)30(18-5-3-4-16(26)12-18)25(32)29(22)14-15-6-8-17(27)9-7-15/h3-13H,14H2,1-2H3. The molecule has 0 aliphatic rings. The molecule has 0 aliphatic carbocycles. The van der Waals surface area contributed by atoms with Crippen molar-refractivity contribution in [2.75, 3.05) is 7.11 Å². The number of hydrogen-bond acceptors (Lipinski definition) is 3. The summed E-state index contributed by atoms with van der Waals surface area (Å²) in [6.07, 6.45) is 0. The van der Waals surface area contributed by atoms with E-state index in [0.29, 0.717) is 32.9 Å². The Morgan fingerprint density at radius 2 is 1.73 bits per heavy atom. The van der Waals surface area contributed by atoms with Crippen LogP contribution in [0.3, 0.4) is 0 Å². The van der Waals surface area contributed by atoms with Gasteiger partial charge in [0.1, 0.15) is 17.1 Å². The summed E-state index contributed by atoms with van der Waals surface area (Å²) >= 11 is 6.15. The fourth-order valence-electron chi connectivity index (χ4n) is 4.22. The molecule has 0 N–H and O–H groups in total. The van der Waals surface area contributed by atoms with Gasteiger partial charge in [0.15, 0.2) is 0 Å². The third kappa shape index (κ3) is 3.41. The zero-order chi connectivity index (χ0) is 23.3. The summed E-state index contributed by atoms with van der Waals surface area (Å²) in [6, 6.07) is 18.0. The maximum Gasteiger partial charge on any atom is 0.336 e. The zero-order valence-electron chi connectivity index (χ0n) is 17.9. The van der Waals surface area contributed by atoms with Gasteiger partial charge in [0.25, 0.3) is 5.56 Å². The van der Waals surface area contributed by atoms with Crippen molar-refractivity contribution in [3.05, 3.63) is 104 Å². The quantitative estimate of drug-likeness (QED) is 0.394. The average molecular weight is 464 g/mol. The third-order valence-corrected chi connectivity index (χ3v) is 6.03. The molecule has 0 saturated heterocycles. The van der Waals surface area contributed by atoms with Gasteiger partial charge in [-0.15, -0.1) is 0 Å². The predicted molar refractivity (Wildman–Crippen MR) is 127 cm³/mol. The van der Waals surface area contributed by atoms with E-state index >= 15 is 0 Å². The van der Waals surface area contributed by atoms with Gasteiger partial charge >= 0.3 is 5.69 Å². The van der Waals surface area contributed by atoms with Crippen molar-refractivity contribution in [3.8, 4) is 11.4 Å². The van der Waals surface area contributed by atoms with Crippen LogP contribution in [0.5, 0.6) is 5.75 Å². The number of ether oxygens (including phenoxy) is 1. The van der Waals surface area contributed by atoms with Crippen molar-refractivity contribution >= 4 is 33.5 Å². The second-order valence-corrected chi connectivity index (χ2v) is 8.19. The summed E-state index contributed by atoms with van der Waals surface area (Å²) in [7, 11) is 3.34. The number of rotatable bonds is 4. The molecule has 0 amide bonds. The lowest BCUT2D eigenvalue weighted by Crippen LogP contribution is -2.39. The van der Waals surface area contributed by atoms with Crippen molar-refractivity contribution < 1.29 is 9.13 Å². The maximum atomic E-state index is 13.8. The van der Waals surface area contributed by atoms with Crippen LogP contribution in [-0.4, -0.2) is 20.8 Å². The molecule has 0 fully saturated rings. The van der Waals surface area contributed by atoms with Crippen LogP contribution in [0.15, 0.2) is 76.3 Å². The van der Waals surface area contributed by atoms with E-state index < -0.39 is 11.2 Å². The predicted octanol–water partition coefficient (Wildman–Crippen LogP) is 4.49. The van der Waals surface area contributed by atoms with Crippen molar-refractivity contribution in [1.29, 1.82) is 0 Å². The highest BCUT2D eigenvalue weighted by molar-refractivity contribution is 6.30. The molecule has 5 rings (SSSR count). The first-order valence-corrected chi connectivity index (χ1v) is 10.6. The van der Waals surface area contributed by atoms with Crippen molar-refractivity contribution in [2.24, 2.45) is 7.05 Å². The molecule has 8 heteroatoms. The van der Waals surface area contributed by atoms with E-state index in [1.54, 1.807) is 67.3 Å². The van der Waals surface area contributed by atoms with Crippen LogP contribution in [0.2, 0.25) is 5.02 Å².